The van der Waals surface area contributed by atoms with Crippen molar-refractivity contribution < 1.29 is 9.90 Å². The molecule has 4 aliphatic carbocycles. The van der Waals surface area contributed by atoms with Gasteiger partial charge in [0.25, 0.3) is 0 Å². The molecule has 4 fully saturated rings. The molecule has 2 nitrogen and oxygen atoms in total. The van der Waals surface area contributed by atoms with Gasteiger partial charge in [-0.15, -0.1) is 0 Å². The van der Waals surface area contributed by atoms with E-state index >= 15 is 0 Å². The van der Waals surface area contributed by atoms with Gasteiger partial charge in [0, 0.05) is 6.42 Å². The van der Waals surface area contributed by atoms with Crippen molar-refractivity contribution in [3.63, 3.8) is 0 Å². The zero-order valence-electron chi connectivity index (χ0n) is 19.8. The molecule has 4 saturated carbocycles. The molecular weight excluding hydrogens is 356 g/mol. The van der Waals surface area contributed by atoms with Crippen LogP contribution in [0.1, 0.15) is 105 Å². The van der Waals surface area contributed by atoms with Gasteiger partial charge in [-0.25, -0.2) is 0 Å². The van der Waals surface area contributed by atoms with Crippen molar-refractivity contribution in [3.05, 3.63) is 0 Å². The molecule has 4 rings (SSSR count). The summed E-state index contributed by atoms with van der Waals surface area (Å²) in [6.07, 6.45) is 13.7. The van der Waals surface area contributed by atoms with Gasteiger partial charge in [0.1, 0.15) is 5.78 Å². The quantitative estimate of drug-likeness (QED) is 0.559. The van der Waals surface area contributed by atoms with Crippen LogP contribution in [0.3, 0.4) is 0 Å². The average molecular weight is 403 g/mol. The van der Waals surface area contributed by atoms with E-state index in [4.69, 9.17) is 0 Å². The third-order valence-corrected chi connectivity index (χ3v) is 11.0. The molecular formula is C27H46O2. The highest BCUT2D eigenvalue weighted by molar-refractivity contribution is 5.75. The molecule has 10 atom stereocenters. The Morgan fingerprint density at radius 3 is 2.41 bits per heavy atom. The minimum Gasteiger partial charge on any atom is -0.393 e. The van der Waals surface area contributed by atoms with Crippen LogP contribution in [0, 0.1) is 52.3 Å². The molecule has 0 saturated heterocycles. The first-order chi connectivity index (χ1) is 13.7. The van der Waals surface area contributed by atoms with E-state index in [2.05, 4.69) is 27.7 Å². The lowest BCUT2D eigenvalue weighted by molar-refractivity contribution is -0.194. The maximum Gasteiger partial charge on any atom is 0.129 e. The normalized spacial score (nSPS) is 50.3. The molecule has 29 heavy (non-hydrogen) atoms. The minimum absolute atomic E-state index is 0.0860. The molecule has 0 amide bonds. The van der Waals surface area contributed by atoms with Crippen LogP contribution < -0.4 is 0 Å². The topological polar surface area (TPSA) is 37.3 Å². The zero-order chi connectivity index (χ0) is 21.0. The fourth-order valence-corrected chi connectivity index (χ4v) is 9.65. The molecule has 0 spiro atoms. The van der Waals surface area contributed by atoms with E-state index in [0.29, 0.717) is 40.3 Å². The minimum atomic E-state index is -0.0860. The third-order valence-electron chi connectivity index (χ3n) is 11.0. The van der Waals surface area contributed by atoms with Crippen LogP contribution in [-0.4, -0.2) is 17.0 Å². The maximum atomic E-state index is 11.7. The van der Waals surface area contributed by atoms with Gasteiger partial charge in [-0.3, -0.25) is 0 Å². The van der Waals surface area contributed by atoms with Crippen molar-refractivity contribution in [2.75, 3.05) is 0 Å². The smallest absolute Gasteiger partial charge is 0.129 e. The molecule has 2 heteroatoms. The monoisotopic (exact) mass is 402 g/mol. The van der Waals surface area contributed by atoms with Crippen LogP contribution in [0.2, 0.25) is 0 Å². The van der Waals surface area contributed by atoms with Crippen molar-refractivity contribution in [2.24, 2.45) is 52.3 Å². The van der Waals surface area contributed by atoms with Crippen LogP contribution in [0.15, 0.2) is 0 Å². The van der Waals surface area contributed by atoms with Crippen molar-refractivity contribution in [2.45, 2.75) is 111 Å². The van der Waals surface area contributed by atoms with Crippen molar-refractivity contribution in [1.29, 1.82) is 0 Å². The Hall–Kier alpha value is -0.370. The molecule has 0 aromatic heterocycles. The summed E-state index contributed by atoms with van der Waals surface area (Å²) in [6.45, 7) is 11.7. The lowest BCUT2D eigenvalue weighted by Crippen LogP contribution is -2.61. The highest BCUT2D eigenvalue weighted by Gasteiger charge is 2.64. The first-order valence-electron chi connectivity index (χ1n) is 12.9. The molecule has 0 heterocycles. The molecule has 0 radical (unpaired) electrons. The molecule has 0 aromatic rings. The molecule has 4 unspecified atom stereocenters. The Balaban J connectivity index is 1.61. The lowest BCUT2D eigenvalue weighted by Gasteiger charge is -2.64. The molecule has 0 aliphatic heterocycles. The van der Waals surface area contributed by atoms with Gasteiger partial charge in [0.05, 0.1) is 6.10 Å². The predicted octanol–water partition coefficient (Wildman–Crippen LogP) is 6.65. The van der Waals surface area contributed by atoms with E-state index in [-0.39, 0.29) is 6.10 Å². The molecule has 0 aromatic carbocycles. The second kappa shape index (κ2) is 7.95. The van der Waals surface area contributed by atoms with Gasteiger partial charge in [0.2, 0.25) is 0 Å². The number of ketones is 1. The van der Waals surface area contributed by atoms with Crippen LogP contribution >= 0.6 is 0 Å². The van der Waals surface area contributed by atoms with E-state index in [1.165, 1.54) is 51.4 Å². The number of Topliss-reactive ketones (excluding diaryl/α,β-unsaturated/α-hetero) is 1. The van der Waals surface area contributed by atoms with Gasteiger partial charge >= 0.3 is 0 Å². The first-order valence-corrected chi connectivity index (χ1v) is 12.9. The second-order valence-electron chi connectivity index (χ2n) is 12.2. The number of hydrogen-bond donors (Lipinski definition) is 1. The summed E-state index contributed by atoms with van der Waals surface area (Å²) in [5, 5.41) is 11.7. The largest absolute Gasteiger partial charge is 0.393 e. The number of fused-ring (bicyclic) bond motifs is 5. The van der Waals surface area contributed by atoms with Crippen molar-refractivity contribution in [3.8, 4) is 0 Å². The Morgan fingerprint density at radius 1 is 1.00 bits per heavy atom. The summed E-state index contributed by atoms with van der Waals surface area (Å²) in [7, 11) is 0. The number of carbonyl (C=O) groups excluding carboxylic acids is 1. The van der Waals surface area contributed by atoms with E-state index in [9.17, 15) is 9.90 Å². The summed E-state index contributed by atoms with van der Waals surface area (Å²) in [5.41, 5.74) is 0.830. The standard InChI is InChI=1S/C27H46O2/c1-6-19-21-9-7-8-15-26(21,4)23-14-16-27(5)20(17(2)10-11-18(3)28)12-13-22(27)24(23)25(19)29/h17,19-25,29H,6-16H2,1-5H3/t17-,19-,20-,21?,22?,23?,24?,25-,26+,27-/m1/s1. The summed E-state index contributed by atoms with van der Waals surface area (Å²) in [6, 6.07) is 0. The van der Waals surface area contributed by atoms with Gasteiger partial charge in [0.15, 0.2) is 0 Å². The van der Waals surface area contributed by atoms with E-state index < -0.39 is 0 Å². The van der Waals surface area contributed by atoms with Gasteiger partial charge in [-0.2, -0.15) is 0 Å². The van der Waals surface area contributed by atoms with E-state index in [0.717, 1.165) is 37.0 Å². The number of rotatable bonds is 5. The van der Waals surface area contributed by atoms with Crippen molar-refractivity contribution in [1.82, 2.24) is 0 Å². The second-order valence-corrected chi connectivity index (χ2v) is 12.2. The summed E-state index contributed by atoms with van der Waals surface area (Å²) in [4.78, 5) is 11.6. The fraction of sp³-hybridized carbons (Fsp3) is 0.963. The Morgan fingerprint density at radius 2 is 1.72 bits per heavy atom. The molecule has 1 N–H and O–H groups in total. The third kappa shape index (κ3) is 3.35. The van der Waals surface area contributed by atoms with Crippen LogP contribution in [0.25, 0.3) is 0 Å². The summed E-state index contributed by atoms with van der Waals surface area (Å²) < 4.78 is 0. The van der Waals surface area contributed by atoms with Gasteiger partial charge < -0.3 is 9.90 Å². The number of aliphatic hydroxyl groups excluding tert-OH is 1. The molecule has 4 aliphatic rings. The Kier molecular flexibility index (Phi) is 5.99. The van der Waals surface area contributed by atoms with Gasteiger partial charge in [-0.1, -0.05) is 47.0 Å². The SMILES string of the molecule is CC[C@@H]1C2CCCC[C@]2(C)C2CC[C@@]3(C)C(CC[C@@H]3[C@H](C)CCC(C)=O)C2[C@@H]1O. The number of aliphatic hydroxyl groups is 1. The average Bonchev–Trinajstić information content (AvgIpc) is 3.04. The van der Waals surface area contributed by atoms with Crippen LogP contribution in [0.5, 0.6) is 0 Å². The van der Waals surface area contributed by atoms with Gasteiger partial charge in [-0.05, 0) is 104 Å². The fourth-order valence-electron chi connectivity index (χ4n) is 9.65. The maximum absolute atomic E-state index is 11.7. The predicted molar refractivity (Wildman–Crippen MR) is 119 cm³/mol. The Bertz CT molecular complexity index is 614. The molecule has 0 bridgehead atoms. The highest BCUT2D eigenvalue weighted by atomic mass is 16.3. The highest BCUT2D eigenvalue weighted by Crippen LogP contribution is 2.69. The lowest BCUT2D eigenvalue weighted by atomic mass is 9.41. The summed E-state index contributed by atoms with van der Waals surface area (Å²) >= 11 is 0. The molecule has 166 valence electrons. The van der Waals surface area contributed by atoms with E-state index in [1.807, 2.05) is 0 Å². The summed E-state index contributed by atoms with van der Waals surface area (Å²) in [5.74, 6) is 4.90. The first kappa shape index (κ1) is 21.8. The van der Waals surface area contributed by atoms with Crippen LogP contribution in [0.4, 0.5) is 0 Å². The number of hydrogen-bond acceptors (Lipinski definition) is 2. The zero-order valence-corrected chi connectivity index (χ0v) is 19.8. The van der Waals surface area contributed by atoms with Crippen LogP contribution in [-0.2, 0) is 4.79 Å². The number of carbonyl (C=O) groups is 1. The van der Waals surface area contributed by atoms with Crippen molar-refractivity contribution >= 4 is 5.78 Å². The Labute approximate surface area is 179 Å². The van der Waals surface area contributed by atoms with E-state index in [1.54, 1.807) is 6.92 Å².